The molecule has 1 atom stereocenters. The summed E-state index contributed by atoms with van der Waals surface area (Å²) in [4.78, 5) is 23.4. The number of fused-ring (bicyclic) bond motifs is 2. The fourth-order valence-electron chi connectivity index (χ4n) is 3.20. The van der Waals surface area contributed by atoms with E-state index < -0.39 is 12.0 Å². The molecule has 1 unspecified atom stereocenters. The number of methoxy groups -OCH3 is 1. The number of hydrogen-bond acceptors (Lipinski definition) is 4. The quantitative estimate of drug-likeness (QED) is 0.811. The third-order valence-electron chi connectivity index (χ3n) is 4.46. The largest absolute Gasteiger partial charge is 0.480 e. The molecule has 0 bridgehead atoms. The van der Waals surface area contributed by atoms with Gasteiger partial charge in [-0.25, -0.2) is 4.79 Å². The van der Waals surface area contributed by atoms with Crippen LogP contribution >= 0.6 is 0 Å². The van der Waals surface area contributed by atoms with Crippen LogP contribution in [0, 0.1) is 0 Å². The number of carbonyl (C=O) groups is 2. The lowest BCUT2D eigenvalue weighted by Crippen LogP contribution is -2.42. The number of furan rings is 1. The van der Waals surface area contributed by atoms with Gasteiger partial charge in [0.15, 0.2) is 0 Å². The Morgan fingerprint density at radius 2 is 2.08 bits per heavy atom. The highest BCUT2D eigenvalue weighted by atomic mass is 16.5. The molecule has 3 rings (SSSR count). The number of carboxylic acids is 1. The van der Waals surface area contributed by atoms with E-state index in [-0.39, 0.29) is 25.4 Å². The van der Waals surface area contributed by atoms with E-state index >= 15 is 0 Å². The summed E-state index contributed by atoms with van der Waals surface area (Å²) >= 11 is 0. The van der Waals surface area contributed by atoms with Crippen LogP contribution in [-0.4, -0.2) is 36.7 Å². The highest BCUT2D eigenvalue weighted by molar-refractivity contribution is 5.90. The molecule has 0 spiro atoms. The van der Waals surface area contributed by atoms with Crippen LogP contribution in [0.3, 0.4) is 0 Å². The van der Waals surface area contributed by atoms with Crippen LogP contribution in [0.4, 0.5) is 0 Å². The van der Waals surface area contributed by atoms with Crippen molar-refractivity contribution in [1.82, 2.24) is 5.32 Å². The van der Waals surface area contributed by atoms with Crippen molar-refractivity contribution in [3.05, 3.63) is 35.1 Å². The fraction of sp³-hybridized carbons (Fsp3) is 0.444. The number of aryl methyl sites for hydroxylation is 2. The number of carbonyl (C=O) groups excluding carboxylic acids is 1. The maximum absolute atomic E-state index is 12.2. The Hall–Kier alpha value is -2.34. The first kappa shape index (κ1) is 16.5. The lowest BCUT2D eigenvalue weighted by Gasteiger charge is -2.13. The average Bonchev–Trinajstić information content (AvgIpc) is 3.15. The Morgan fingerprint density at radius 1 is 1.33 bits per heavy atom. The van der Waals surface area contributed by atoms with E-state index in [9.17, 15) is 9.59 Å². The van der Waals surface area contributed by atoms with Crippen LogP contribution in [0.15, 0.2) is 22.8 Å². The molecule has 1 aliphatic carbocycles. The summed E-state index contributed by atoms with van der Waals surface area (Å²) in [7, 11) is 1.50. The van der Waals surface area contributed by atoms with Crippen LogP contribution < -0.4 is 5.32 Å². The van der Waals surface area contributed by atoms with Gasteiger partial charge in [-0.3, -0.25) is 4.79 Å². The van der Waals surface area contributed by atoms with E-state index in [1.165, 1.54) is 18.2 Å². The van der Waals surface area contributed by atoms with E-state index in [0.717, 1.165) is 35.8 Å². The summed E-state index contributed by atoms with van der Waals surface area (Å²) in [6.07, 6.45) is 5.20. The molecule has 0 fully saturated rings. The molecule has 0 radical (unpaired) electrons. The number of aliphatic carboxylic acids is 1. The molecule has 1 aromatic carbocycles. The van der Waals surface area contributed by atoms with Gasteiger partial charge >= 0.3 is 5.97 Å². The molecule has 6 heteroatoms. The van der Waals surface area contributed by atoms with Gasteiger partial charge in [0.05, 0.1) is 12.7 Å². The van der Waals surface area contributed by atoms with Gasteiger partial charge in [0.1, 0.15) is 11.6 Å². The molecule has 0 aliphatic heterocycles. The first-order valence-electron chi connectivity index (χ1n) is 8.11. The molecule has 1 heterocycles. The van der Waals surface area contributed by atoms with E-state index in [2.05, 4.69) is 17.4 Å². The number of hydrogen-bond donors (Lipinski definition) is 2. The first-order chi connectivity index (χ1) is 11.6. The van der Waals surface area contributed by atoms with Crippen molar-refractivity contribution in [1.29, 1.82) is 0 Å². The molecular weight excluding hydrogens is 310 g/mol. The molecule has 24 heavy (non-hydrogen) atoms. The van der Waals surface area contributed by atoms with Gasteiger partial charge in [-0.1, -0.05) is 0 Å². The van der Waals surface area contributed by atoms with Crippen LogP contribution in [0.5, 0.6) is 0 Å². The second-order valence-corrected chi connectivity index (χ2v) is 6.15. The number of rotatable bonds is 7. The lowest BCUT2D eigenvalue weighted by molar-refractivity contribution is -0.142. The van der Waals surface area contributed by atoms with Crippen molar-refractivity contribution in [2.75, 3.05) is 13.7 Å². The van der Waals surface area contributed by atoms with Gasteiger partial charge in [0, 0.05) is 31.1 Å². The Kier molecular flexibility index (Phi) is 4.85. The standard InChI is InChI=1S/C18H21NO5/c1-23-6-5-15(18(21)22)19-17(20)9-13-10-24-16-8-12-4-2-3-11(12)7-14(13)16/h7-8,10,15H,2-6,9H2,1H3,(H,19,20)(H,21,22). The predicted molar refractivity (Wildman–Crippen MR) is 88.0 cm³/mol. The maximum atomic E-state index is 12.2. The van der Waals surface area contributed by atoms with E-state index in [4.69, 9.17) is 14.3 Å². The molecule has 1 aliphatic rings. The summed E-state index contributed by atoms with van der Waals surface area (Å²) in [5.41, 5.74) is 4.20. The van der Waals surface area contributed by atoms with E-state index in [1.807, 2.05) is 0 Å². The molecule has 0 saturated heterocycles. The summed E-state index contributed by atoms with van der Waals surface area (Å²) < 4.78 is 10.5. The smallest absolute Gasteiger partial charge is 0.326 e. The zero-order valence-electron chi connectivity index (χ0n) is 13.6. The molecule has 0 saturated carbocycles. The number of ether oxygens (including phenoxy) is 1. The Labute approximate surface area is 139 Å². The highest BCUT2D eigenvalue weighted by Crippen LogP contribution is 2.30. The fourth-order valence-corrected chi connectivity index (χ4v) is 3.20. The van der Waals surface area contributed by atoms with E-state index in [1.54, 1.807) is 6.26 Å². The number of amides is 1. The molecule has 6 nitrogen and oxygen atoms in total. The number of nitrogens with one attached hydrogen (secondary N) is 1. The third kappa shape index (κ3) is 3.43. The Bertz CT molecular complexity index is 764. The van der Waals surface area contributed by atoms with Gasteiger partial charge < -0.3 is 19.6 Å². The minimum absolute atomic E-state index is 0.0998. The molecule has 2 N–H and O–H groups in total. The molecule has 1 aromatic heterocycles. The monoisotopic (exact) mass is 331 g/mol. The van der Waals surface area contributed by atoms with Gasteiger partial charge in [-0.2, -0.15) is 0 Å². The van der Waals surface area contributed by atoms with E-state index in [0.29, 0.717) is 0 Å². The zero-order chi connectivity index (χ0) is 17.1. The molecular formula is C18H21NO5. The second kappa shape index (κ2) is 7.05. The third-order valence-corrected chi connectivity index (χ3v) is 4.46. The van der Waals surface area contributed by atoms with Gasteiger partial charge in [-0.15, -0.1) is 0 Å². The van der Waals surface area contributed by atoms with Crippen molar-refractivity contribution in [3.8, 4) is 0 Å². The van der Waals surface area contributed by atoms with Crippen molar-refractivity contribution in [2.24, 2.45) is 0 Å². The maximum Gasteiger partial charge on any atom is 0.326 e. The van der Waals surface area contributed by atoms with Crippen molar-refractivity contribution < 1.29 is 23.8 Å². The van der Waals surface area contributed by atoms with Crippen LogP contribution in [-0.2, 0) is 33.6 Å². The predicted octanol–water partition coefficient (Wildman–Crippen LogP) is 2.07. The summed E-state index contributed by atoms with van der Waals surface area (Å²) in [6, 6.07) is 3.21. The minimum atomic E-state index is -1.06. The highest BCUT2D eigenvalue weighted by Gasteiger charge is 2.21. The Morgan fingerprint density at radius 3 is 2.79 bits per heavy atom. The topological polar surface area (TPSA) is 88.8 Å². The molecule has 2 aromatic rings. The minimum Gasteiger partial charge on any atom is -0.480 e. The van der Waals surface area contributed by atoms with Crippen molar-refractivity contribution >= 4 is 22.8 Å². The number of carboxylic acid groups (broad SMARTS) is 1. The van der Waals surface area contributed by atoms with Crippen molar-refractivity contribution in [2.45, 2.75) is 38.1 Å². The molecule has 128 valence electrons. The molecule has 1 amide bonds. The summed E-state index contributed by atoms with van der Waals surface area (Å²) in [5.74, 6) is -1.39. The van der Waals surface area contributed by atoms with Crippen LogP contribution in [0.25, 0.3) is 11.0 Å². The first-order valence-corrected chi connectivity index (χ1v) is 8.11. The summed E-state index contributed by atoms with van der Waals surface area (Å²) in [5, 5.41) is 12.6. The lowest BCUT2D eigenvalue weighted by atomic mass is 10.0. The van der Waals surface area contributed by atoms with Crippen molar-refractivity contribution in [3.63, 3.8) is 0 Å². The average molecular weight is 331 g/mol. The zero-order valence-corrected chi connectivity index (χ0v) is 13.6. The van der Waals surface area contributed by atoms with Gasteiger partial charge in [-0.05, 0) is 42.5 Å². The normalized spacial score (nSPS) is 14.5. The van der Waals surface area contributed by atoms with Crippen LogP contribution in [0.2, 0.25) is 0 Å². The SMILES string of the molecule is COCCC(NC(=O)Cc1coc2cc3c(cc12)CCC3)C(=O)O. The second-order valence-electron chi connectivity index (χ2n) is 6.15. The Balaban J connectivity index is 1.72. The van der Waals surface area contributed by atoms with Gasteiger partial charge in [0.25, 0.3) is 0 Å². The number of benzene rings is 1. The van der Waals surface area contributed by atoms with Crippen LogP contribution in [0.1, 0.15) is 29.5 Å². The summed E-state index contributed by atoms with van der Waals surface area (Å²) in [6.45, 7) is 0.276. The van der Waals surface area contributed by atoms with Gasteiger partial charge in [0.2, 0.25) is 5.91 Å².